The number of aryl methyl sites for hydroxylation is 1. The number of carbonyl (C=O) groups is 1. The van der Waals surface area contributed by atoms with Crippen molar-refractivity contribution in [1.29, 1.82) is 0 Å². The number of amides is 1. The van der Waals surface area contributed by atoms with Crippen LogP contribution in [0.4, 0.5) is 0 Å². The monoisotopic (exact) mass is 376 g/mol. The Morgan fingerprint density at radius 2 is 1.76 bits per heavy atom. The summed E-state index contributed by atoms with van der Waals surface area (Å²) in [5.41, 5.74) is 8.76. The molecule has 1 aliphatic heterocycles. The number of benzene rings is 2. The van der Waals surface area contributed by atoms with Crippen LogP contribution in [0, 0.1) is 6.92 Å². The van der Waals surface area contributed by atoms with E-state index in [4.69, 9.17) is 5.73 Å². The van der Waals surface area contributed by atoms with E-state index < -0.39 is 0 Å². The van der Waals surface area contributed by atoms with Crippen LogP contribution < -0.4 is 5.73 Å². The van der Waals surface area contributed by atoms with Crippen molar-refractivity contribution in [2.24, 2.45) is 5.73 Å². The number of thioether (sulfide) groups is 1. The van der Waals surface area contributed by atoms with Crippen molar-refractivity contribution in [3.8, 4) is 0 Å². The third-order valence-corrected chi connectivity index (χ3v) is 5.69. The number of hydrogen-bond acceptors (Lipinski definition) is 3. The van der Waals surface area contributed by atoms with Crippen LogP contribution in [0.15, 0.2) is 59.5 Å². The Hall–Kier alpha value is -1.49. The van der Waals surface area contributed by atoms with Gasteiger partial charge in [0, 0.05) is 29.9 Å². The van der Waals surface area contributed by atoms with E-state index in [9.17, 15) is 4.79 Å². The van der Waals surface area contributed by atoms with Crippen molar-refractivity contribution in [3.05, 3.63) is 65.7 Å². The molecule has 2 aromatic rings. The summed E-state index contributed by atoms with van der Waals surface area (Å²) >= 11 is 1.61. The quantitative estimate of drug-likeness (QED) is 0.824. The molecular formula is C20H25ClN2OS. The van der Waals surface area contributed by atoms with E-state index in [1.807, 2.05) is 30.0 Å². The first-order valence-electron chi connectivity index (χ1n) is 8.37. The number of hydrogen-bond donors (Lipinski definition) is 1. The molecule has 1 fully saturated rings. The number of nitrogens with two attached hydrogens (primary N) is 1. The first kappa shape index (κ1) is 19.8. The summed E-state index contributed by atoms with van der Waals surface area (Å²) in [5, 5.41) is -0.102. The second-order valence-electron chi connectivity index (χ2n) is 6.50. The van der Waals surface area contributed by atoms with Gasteiger partial charge in [0.2, 0.25) is 5.91 Å². The predicted octanol–water partition coefficient (Wildman–Crippen LogP) is 3.85. The Morgan fingerprint density at radius 1 is 1.12 bits per heavy atom. The standard InChI is InChI=1S/C20H24N2OS.ClH/c1-14-8-10-17(11-9-14)24-15(2)20(23)22-12-18(19(21)13-22)16-6-4-3-5-7-16;/h3-11,15,18-19H,12-13,21H2,1-2H3;1H/t15?,18-,19+;/m0./s1. The first-order valence-corrected chi connectivity index (χ1v) is 9.25. The molecule has 3 rings (SSSR count). The fourth-order valence-corrected chi connectivity index (χ4v) is 4.14. The molecular weight excluding hydrogens is 352 g/mol. The van der Waals surface area contributed by atoms with Crippen LogP contribution >= 0.6 is 24.2 Å². The maximum Gasteiger partial charge on any atom is 0.235 e. The van der Waals surface area contributed by atoms with Gasteiger partial charge in [-0.2, -0.15) is 0 Å². The minimum atomic E-state index is -0.102. The van der Waals surface area contributed by atoms with Crippen molar-refractivity contribution in [2.75, 3.05) is 13.1 Å². The highest BCUT2D eigenvalue weighted by molar-refractivity contribution is 8.00. The third kappa shape index (κ3) is 4.78. The van der Waals surface area contributed by atoms with E-state index in [2.05, 4.69) is 43.3 Å². The summed E-state index contributed by atoms with van der Waals surface area (Å²) in [6, 6.07) is 18.6. The van der Waals surface area contributed by atoms with Gasteiger partial charge in [0.05, 0.1) is 5.25 Å². The molecule has 1 saturated heterocycles. The predicted molar refractivity (Wildman–Crippen MR) is 107 cm³/mol. The molecule has 1 amide bonds. The normalized spacial score (nSPS) is 20.8. The van der Waals surface area contributed by atoms with Crippen molar-refractivity contribution in [1.82, 2.24) is 4.90 Å². The molecule has 0 saturated carbocycles. The number of rotatable bonds is 4. The van der Waals surface area contributed by atoms with E-state index in [-0.39, 0.29) is 35.5 Å². The first-order chi connectivity index (χ1) is 11.5. The Bertz CT molecular complexity index is 693. The lowest BCUT2D eigenvalue weighted by atomic mass is 9.95. The van der Waals surface area contributed by atoms with E-state index in [0.29, 0.717) is 13.1 Å². The zero-order chi connectivity index (χ0) is 17.1. The van der Waals surface area contributed by atoms with Crippen LogP contribution in [0.3, 0.4) is 0 Å². The van der Waals surface area contributed by atoms with Gasteiger partial charge in [-0.05, 0) is 31.5 Å². The van der Waals surface area contributed by atoms with Crippen LogP contribution in [0.5, 0.6) is 0 Å². The lowest BCUT2D eigenvalue weighted by Crippen LogP contribution is -2.36. The molecule has 0 spiro atoms. The second kappa shape index (κ2) is 8.75. The average Bonchev–Trinajstić information content (AvgIpc) is 2.99. The fraction of sp³-hybridized carbons (Fsp3) is 0.350. The largest absolute Gasteiger partial charge is 0.339 e. The average molecular weight is 377 g/mol. The molecule has 134 valence electrons. The zero-order valence-electron chi connectivity index (χ0n) is 14.6. The van der Waals surface area contributed by atoms with Crippen LogP contribution in [0.25, 0.3) is 0 Å². The molecule has 1 unspecified atom stereocenters. The zero-order valence-corrected chi connectivity index (χ0v) is 16.2. The maximum absolute atomic E-state index is 12.8. The minimum Gasteiger partial charge on any atom is -0.339 e. The Labute approximate surface area is 160 Å². The molecule has 3 atom stereocenters. The summed E-state index contributed by atoms with van der Waals surface area (Å²) < 4.78 is 0. The van der Waals surface area contributed by atoms with Gasteiger partial charge < -0.3 is 10.6 Å². The molecule has 2 N–H and O–H groups in total. The smallest absolute Gasteiger partial charge is 0.235 e. The molecule has 0 bridgehead atoms. The highest BCUT2D eigenvalue weighted by atomic mass is 35.5. The van der Waals surface area contributed by atoms with Crippen LogP contribution in [-0.2, 0) is 4.79 Å². The number of nitrogens with zero attached hydrogens (tertiary/aromatic N) is 1. The summed E-state index contributed by atoms with van der Waals surface area (Å²) in [4.78, 5) is 15.8. The molecule has 1 aliphatic rings. The highest BCUT2D eigenvalue weighted by Gasteiger charge is 2.35. The molecule has 0 aromatic heterocycles. The van der Waals surface area contributed by atoms with Gasteiger partial charge in [-0.1, -0.05) is 48.0 Å². The van der Waals surface area contributed by atoms with Crippen molar-refractivity contribution >= 4 is 30.1 Å². The molecule has 0 aliphatic carbocycles. The van der Waals surface area contributed by atoms with Gasteiger partial charge >= 0.3 is 0 Å². The van der Waals surface area contributed by atoms with Gasteiger partial charge in [-0.15, -0.1) is 24.2 Å². The van der Waals surface area contributed by atoms with Crippen molar-refractivity contribution in [3.63, 3.8) is 0 Å². The van der Waals surface area contributed by atoms with Gasteiger partial charge in [0.25, 0.3) is 0 Å². The summed E-state index contributed by atoms with van der Waals surface area (Å²) in [7, 11) is 0. The summed E-state index contributed by atoms with van der Waals surface area (Å²) in [6.45, 7) is 5.40. The molecule has 0 radical (unpaired) electrons. The van der Waals surface area contributed by atoms with Crippen molar-refractivity contribution in [2.45, 2.75) is 36.0 Å². The maximum atomic E-state index is 12.8. The number of halogens is 1. The number of likely N-dealkylation sites (tertiary alicyclic amines) is 1. The van der Waals surface area contributed by atoms with Crippen LogP contribution in [0.1, 0.15) is 24.0 Å². The van der Waals surface area contributed by atoms with Gasteiger partial charge in [0.1, 0.15) is 0 Å². The number of carbonyl (C=O) groups excluding carboxylic acids is 1. The lowest BCUT2D eigenvalue weighted by molar-refractivity contribution is -0.129. The SMILES string of the molecule is Cc1ccc(SC(C)C(=O)N2C[C@@H](N)[C@H](c3ccccc3)C2)cc1.Cl. The topological polar surface area (TPSA) is 46.3 Å². The van der Waals surface area contributed by atoms with E-state index in [1.54, 1.807) is 11.8 Å². The van der Waals surface area contributed by atoms with Crippen LogP contribution in [0.2, 0.25) is 0 Å². The van der Waals surface area contributed by atoms with E-state index in [1.165, 1.54) is 11.1 Å². The molecule has 1 heterocycles. The molecule has 2 aromatic carbocycles. The summed E-state index contributed by atoms with van der Waals surface area (Å²) in [5.74, 6) is 0.404. The van der Waals surface area contributed by atoms with Gasteiger partial charge in [-0.3, -0.25) is 4.79 Å². The molecule has 5 heteroatoms. The van der Waals surface area contributed by atoms with Gasteiger partial charge in [-0.25, -0.2) is 0 Å². The van der Waals surface area contributed by atoms with Crippen molar-refractivity contribution < 1.29 is 4.79 Å². The Morgan fingerprint density at radius 3 is 2.40 bits per heavy atom. The minimum absolute atomic E-state index is 0. The van der Waals surface area contributed by atoms with Gasteiger partial charge in [0.15, 0.2) is 0 Å². The lowest BCUT2D eigenvalue weighted by Gasteiger charge is -2.20. The molecule has 3 nitrogen and oxygen atoms in total. The second-order valence-corrected chi connectivity index (χ2v) is 7.91. The molecule has 25 heavy (non-hydrogen) atoms. The van der Waals surface area contributed by atoms with Crippen LogP contribution in [-0.4, -0.2) is 35.2 Å². The third-order valence-electron chi connectivity index (χ3n) is 4.59. The van der Waals surface area contributed by atoms with E-state index >= 15 is 0 Å². The Kier molecular flexibility index (Phi) is 6.94. The highest BCUT2D eigenvalue weighted by Crippen LogP contribution is 2.30. The van der Waals surface area contributed by atoms with E-state index in [0.717, 1.165) is 4.90 Å². The fourth-order valence-electron chi connectivity index (χ4n) is 3.19. The summed E-state index contributed by atoms with van der Waals surface area (Å²) in [6.07, 6.45) is 0. The Balaban J connectivity index is 0.00000225.